The highest BCUT2D eigenvalue weighted by atomic mass is 16.5. The van der Waals surface area contributed by atoms with Crippen molar-refractivity contribution >= 4 is 17.5 Å². The minimum Gasteiger partial charge on any atom is -0.489 e. The lowest BCUT2D eigenvalue weighted by molar-refractivity contribution is 0.0949. The Hall–Kier alpha value is -3.91. The Morgan fingerprint density at radius 3 is 2.89 bits per heavy atom. The molecule has 0 saturated carbocycles. The molecule has 6 bridgehead atoms. The summed E-state index contributed by atoms with van der Waals surface area (Å²) in [7, 11) is 1.90. The number of nitrogens with zero attached hydrogens (tertiary/aromatic N) is 3. The summed E-state index contributed by atoms with van der Waals surface area (Å²) < 4.78 is 5.99. The molecule has 1 saturated heterocycles. The highest BCUT2D eigenvalue weighted by Gasteiger charge is 2.14. The SMILES string of the molecule is CN/C1=C\COc2cccc(c2)-c2ccnc(n2)Nc2cc(cc(C(=O)NCCN3CCCC3)c2)C1. The molecule has 3 heterocycles. The molecule has 2 aromatic carbocycles. The maximum absolute atomic E-state index is 13.1. The number of hydrogen-bond donors (Lipinski definition) is 3. The summed E-state index contributed by atoms with van der Waals surface area (Å²) in [4.78, 5) is 24.6. The van der Waals surface area contributed by atoms with Crippen LogP contribution < -0.4 is 20.7 Å². The van der Waals surface area contributed by atoms with E-state index in [0.717, 1.165) is 53.6 Å². The Bertz CT molecular complexity index is 1250. The highest BCUT2D eigenvalue weighted by Crippen LogP contribution is 2.25. The second kappa shape index (κ2) is 11.2. The summed E-state index contributed by atoms with van der Waals surface area (Å²) in [5, 5.41) is 9.66. The van der Waals surface area contributed by atoms with Crippen LogP contribution in [0.5, 0.6) is 5.75 Å². The molecule has 0 atom stereocenters. The molecule has 8 nitrogen and oxygen atoms in total. The number of anilines is 2. The van der Waals surface area contributed by atoms with Crippen LogP contribution in [0.2, 0.25) is 0 Å². The van der Waals surface area contributed by atoms with E-state index in [4.69, 9.17) is 9.72 Å². The van der Waals surface area contributed by atoms with E-state index in [9.17, 15) is 4.79 Å². The molecule has 2 aliphatic heterocycles. The van der Waals surface area contributed by atoms with Gasteiger partial charge in [0.2, 0.25) is 5.95 Å². The molecule has 0 unspecified atom stereocenters. The standard InChI is InChI=1S/C28H32N6O2/c1-29-23-8-14-36-25-6-4-5-21(19-25)26-7-9-31-28(33-26)32-24-17-20(16-23)15-22(18-24)27(35)30-10-13-34-11-2-3-12-34/h4-9,15,17-19,29H,2-3,10-14,16H2,1H3,(H,30,35)(H,31,32,33)/b23-8-. The third kappa shape index (κ3) is 6.01. The number of allylic oxidation sites excluding steroid dienone is 1. The maximum Gasteiger partial charge on any atom is 0.251 e. The average molecular weight is 485 g/mol. The van der Waals surface area contributed by atoms with Crippen LogP contribution in [0.25, 0.3) is 11.3 Å². The van der Waals surface area contributed by atoms with Crippen LogP contribution in [0.3, 0.4) is 0 Å². The zero-order chi connectivity index (χ0) is 24.7. The first kappa shape index (κ1) is 23.8. The zero-order valence-electron chi connectivity index (χ0n) is 20.6. The van der Waals surface area contributed by atoms with Gasteiger partial charge in [0, 0.05) is 55.3 Å². The van der Waals surface area contributed by atoms with Gasteiger partial charge < -0.3 is 25.6 Å². The number of benzene rings is 2. The minimum atomic E-state index is -0.0824. The number of likely N-dealkylation sites (tertiary alicyclic amines) is 1. The molecule has 1 amide bonds. The number of amides is 1. The minimum absolute atomic E-state index is 0.0824. The van der Waals surface area contributed by atoms with Crippen molar-refractivity contribution < 1.29 is 9.53 Å². The molecule has 36 heavy (non-hydrogen) atoms. The van der Waals surface area contributed by atoms with Crippen LogP contribution in [-0.2, 0) is 6.42 Å². The number of aromatic nitrogens is 2. The van der Waals surface area contributed by atoms with Crippen molar-refractivity contribution in [2.75, 3.05) is 45.2 Å². The number of hydrogen-bond acceptors (Lipinski definition) is 7. The number of nitrogens with one attached hydrogen (secondary N) is 3. The highest BCUT2D eigenvalue weighted by molar-refractivity contribution is 5.95. The molecule has 186 valence electrons. The van der Waals surface area contributed by atoms with E-state index in [1.165, 1.54) is 12.8 Å². The monoisotopic (exact) mass is 484 g/mol. The molecular formula is C28H32N6O2. The number of rotatable bonds is 5. The van der Waals surface area contributed by atoms with E-state index in [-0.39, 0.29) is 5.91 Å². The van der Waals surface area contributed by atoms with Crippen molar-refractivity contribution in [2.45, 2.75) is 19.3 Å². The lowest BCUT2D eigenvalue weighted by atomic mass is 10.0. The van der Waals surface area contributed by atoms with Crippen LogP contribution in [0.4, 0.5) is 11.6 Å². The van der Waals surface area contributed by atoms with Crippen molar-refractivity contribution in [1.82, 2.24) is 25.5 Å². The van der Waals surface area contributed by atoms with E-state index >= 15 is 0 Å². The van der Waals surface area contributed by atoms with Crippen LogP contribution in [0.1, 0.15) is 28.8 Å². The van der Waals surface area contributed by atoms with Gasteiger partial charge in [-0.15, -0.1) is 0 Å². The lowest BCUT2D eigenvalue weighted by Gasteiger charge is -2.16. The molecule has 2 aliphatic rings. The molecule has 1 aromatic heterocycles. The lowest BCUT2D eigenvalue weighted by Crippen LogP contribution is -2.33. The van der Waals surface area contributed by atoms with Crippen LogP contribution >= 0.6 is 0 Å². The first-order valence-electron chi connectivity index (χ1n) is 12.5. The topological polar surface area (TPSA) is 91.4 Å². The molecular weight excluding hydrogens is 452 g/mol. The summed E-state index contributed by atoms with van der Waals surface area (Å²) in [6, 6.07) is 15.6. The Kier molecular flexibility index (Phi) is 7.42. The van der Waals surface area contributed by atoms with Gasteiger partial charge in [-0.05, 0) is 74.0 Å². The van der Waals surface area contributed by atoms with Crippen molar-refractivity contribution in [2.24, 2.45) is 0 Å². The molecule has 0 radical (unpaired) electrons. The molecule has 3 N–H and O–H groups in total. The molecule has 3 aromatic rings. The predicted octanol–water partition coefficient (Wildman–Crippen LogP) is 3.75. The van der Waals surface area contributed by atoms with E-state index in [1.54, 1.807) is 6.20 Å². The van der Waals surface area contributed by atoms with Gasteiger partial charge in [0.05, 0.1) is 5.69 Å². The first-order chi connectivity index (χ1) is 17.7. The summed E-state index contributed by atoms with van der Waals surface area (Å²) >= 11 is 0. The Balaban J connectivity index is 1.44. The van der Waals surface area contributed by atoms with Gasteiger partial charge in [-0.25, -0.2) is 9.97 Å². The van der Waals surface area contributed by atoms with Gasteiger partial charge in [-0.2, -0.15) is 0 Å². The Morgan fingerprint density at radius 2 is 2.03 bits per heavy atom. The number of carbonyl (C=O) groups excluding carboxylic acids is 1. The average Bonchev–Trinajstić information content (AvgIpc) is 3.41. The van der Waals surface area contributed by atoms with E-state index in [2.05, 4.69) is 25.8 Å². The number of likely N-dealkylation sites (N-methyl/N-ethyl adjacent to an activating group) is 1. The summed E-state index contributed by atoms with van der Waals surface area (Å²) in [6.45, 7) is 4.17. The number of fused-ring (bicyclic) bond motifs is 7. The smallest absolute Gasteiger partial charge is 0.251 e. The van der Waals surface area contributed by atoms with Gasteiger partial charge in [-0.1, -0.05) is 12.1 Å². The number of carbonyl (C=O) groups is 1. The van der Waals surface area contributed by atoms with Gasteiger partial charge in [0.25, 0.3) is 5.91 Å². The number of ether oxygens (including phenoxy) is 1. The third-order valence-electron chi connectivity index (χ3n) is 6.50. The van der Waals surface area contributed by atoms with E-state index < -0.39 is 0 Å². The summed E-state index contributed by atoms with van der Waals surface area (Å²) in [5.74, 6) is 1.16. The fraction of sp³-hybridized carbons (Fsp3) is 0.321. The molecule has 5 rings (SSSR count). The molecule has 0 spiro atoms. The van der Waals surface area contributed by atoms with Crippen LogP contribution in [0.15, 0.2) is 66.5 Å². The van der Waals surface area contributed by atoms with Crippen molar-refractivity contribution in [3.8, 4) is 17.0 Å². The molecule has 0 aliphatic carbocycles. The fourth-order valence-corrected chi connectivity index (χ4v) is 4.61. The van der Waals surface area contributed by atoms with Gasteiger partial charge in [-0.3, -0.25) is 4.79 Å². The first-order valence-corrected chi connectivity index (χ1v) is 12.5. The molecule has 1 fully saturated rings. The quantitative estimate of drug-likeness (QED) is 0.508. The Labute approximate surface area is 211 Å². The second-order valence-corrected chi connectivity index (χ2v) is 9.11. The van der Waals surface area contributed by atoms with Gasteiger partial charge in [0.1, 0.15) is 12.4 Å². The fourth-order valence-electron chi connectivity index (χ4n) is 4.61. The van der Waals surface area contributed by atoms with E-state index in [1.807, 2.05) is 61.7 Å². The third-order valence-corrected chi connectivity index (χ3v) is 6.50. The van der Waals surface area contributed by atoms with Crippen LogP contribution in [0, 0.1) is 0 Å². The predicted molar refractivity (Wildman–Crippen MR) is 142 cm³/mol. The summed E-state index contributed by atoms with van der Waals surface area (Å²) in [5.41, 5.74) is 5.11. The van der Waals surface area contributed by atoms with Crippen molar-refractivity contribution in [3.63, 3.8) is 0 Å². The Morgan fingerprint density at radius 1 is 1.14 bits per heavy atom. The van der Waals surface area contributed by atoms with Crippen molar-refractivity contribution in [1.29, 1.82) is 0 Å². The normalized spacial score (nSPS) is 17.0. The van der Waals surface area contributed by atoms with E-state index in [0.29, 0.717) is 31.1 Å². The van der Waals surface area contributed by atoms with Crippen molar-refractivity contribution in [3.05, 3.63) is 77.6 Å². The van der Waals surface area contributed by atoms with Gasteiger partial charge in [0.15, 0.2) is 0 Å². The zero-order valence-corrected chi connectivity index (χ0v) is 20.6. The van der Waals surface area contributed by atoms with Crippen LogP contribution in [-0.4, -0.2) is 60.6 Å². The largest absolute Gasteiger partial charge is 0.489 e. The second-order valence-electron chi connectivity index (χ2n) is 9.11. The van der Waals surface area contributed by atoms with Gasteiger partial charge >= 0.3 is 0 Å². The molecule has 8 heteroatoms. The maximum atomic E-state index is 13.1. The summed E-state index contributed by atoms with van der Waals surface area (Å²) in [6.07, 6.45) is 6.87.